The fourth-order valence-electron chi connectivity index (χ4n) is 3.49. The summed E-state index contributed by atoms with van der Waals surface area (Å²) in [5.74, 6) is 2.21. The molecule has 0 bridgehead atoms. The number of aliphatic imine (C=N–C) groups is 1. The Labute approximate surface area is 184 Å². The highest BCUT2D eigenvalue weighted by Crippen LogP contribution is 2.24. The first kappa shape index (κ1) is 22.6. The zero-order chi connectivity index (χ0) is 18.9. The van der Waals surface area contributed by atoms with Crippen LogP contribution in [0.3, 0.4) is 0 Å². The first-order chi connectivity index (χ1) is 13.3. The van der Waals surface area contributed by atoms with E-state index < -0.39 is 0 Å². The predicted octanol–water partition coefficient (Wildman–Crippen LogP) is 2.93. The van der Waals surface area contributed by atoms with Crippen LogP contribution in [0, 0.1) is 6.92 Å². The number of halogens is 1. The number of benzene rings is 1. The Morgan fingerprint density at radius 1 is 1.21 bits per heavy atom. The standard InChI is InChI=1S/C20H30N6O.HI/c1-16-24-19(27-25-16)11-8-12-22-20(21-2)23-15-18(26-13-6-7-14-26)17-9-4-3-5-10-17;/h3-5,9-10,18H,6-8,11-15H2,1-2H3,(H2,21,22,23);1H. The Morgan fingerprint density at radius 3 is 2.61 bits per heavy atom. The molecule has 1 aromatic heterocycles. The highest BCUT2D eigenvalue weighted by atomic mass is 127. The van der Waals surface area contributed by atoms with Gasteiger partial charge in [0.05, 0.1) is 6.04 Å². The minimum Gasteiger partial charge on any atom is -0.356 e. The van der Waals surface area contributed by atoms with Crippen LogP contribution in [0.4, 0.5) is 0 Å². The van der Waals surface area contributed by atoms with E-state index in [2.05, 4.69) is 61.0 Å². The van der Waals surface area contributed by atoms with E-state index in [9.17, 15) is 0 Å². The number of aryl methyl sites for hydroxylation is 2. The van der Waals surface area contributed by atoms with Crippen molar-refractivity contribution in [3.63, 3.8) is 0 Å². The van der Waals surface area contributed by atoms with Gasteiger partial charge in [0.2, 0.25) is 5.89 Å². The van der Waals surface area contributed by atoms with Crippen LogP contribution in [-0.4, -0.2) is 54.2 Å². The van der Waals surface area contributed by atoms with E-state index in [-0.39, 0.29) is 24.0 Å². The summed E-state index contributed by atoms with van der Waals surface area (Å²) in [6, 6.07) is 11.1. The lowest BCUT2D eigenvalue weighted by atomic mass is 10.1. The average molecular weight is 498 g/mol. The van der Waals surface area contributed by atoms with Crippen LogP contribution in [0.1, 0.15) is 42.6 Å². The summed E-state index contributed by atoms with van der Waals surface area (Å²) >= 11 is 0. The topological polar surface area (TPSA) is 78.6 Å². The van der Waals surface area contributed by atoms with E-state index in [0.717, 1.165) is 45.0 Å². The molecule has 154 valence electrons. The Bertz CT molecular complexity index is 714. The summed E-state index contributed by atoms with van der Waals surface area (Å²) in [4.78, 5) is 11.1. The van der Waals surface area contributed by atoms with Crippen molar-refractivity contribution < 1.29 is 4.52 Å². The zero-order valence-electron chi connectivity index (χ0n) is 16.7. The Morgan fingerprint density at radius 2 is 1.96 bits per heavy atom. The van der Waals surface area contributed by atoms with Crippen molar-refractivity contribution in [3.05, 3.63) is 47.6 Å². The second-order valence-corrected chi connectivity index (χ2v) is 6.89. The van der Waals surface area contributed by atoms with E-state index >= 15 is 0 Å². The van der Waals surface area contributed by atoms with E-state index in [1.165, 1.54) is 18.4 Å². The summed E-state index contributed by atoms with van der Waals surface area (Å²) in [5, 5.41) is 10.7. The van der Waals surface area contributed by atoms with Crippen molar-refractivity contribution in [3.8, 4) is 0 Å². The quantitative estimate of drug-likeness (QED) is 0.252. The Balaban J connectivity index is 0.00000280. The molecule has 7 nitrogen and oxygen atoms in total. The first-order valence-corrected chi connectivity index (χ1v) is 9.79. The maximum Gasteiger partial charge on any atom is 0.226 e. The summed E-state index contributed by atoms with van der Waals surface area (Å²) in [6.07, 6.45) is 4.25. The molecule has 3 rings (SSSR count). The van der Waals surface area contributed by atoms with Crippen LogP contribution in [-0.2, 0) is 6.42 Å². The number of hydrogen-bond donors (Lipinski definition) is 2. The maximum atomic E-state index is 5.14. The molecule has 28 heavy (non-hydrogen) atoms. The van der Waals surface area contributed by atoms with Crippen molar-refractivity contribution in [1.29, 1.82) is 0 Å². The summed E-state index contributed by atoms with van der Waals surface area (Å²) in [6.45, 7) is 5.81. The summed E-state index contributed by atoms with van der Waals surface area (Å²) in [7, 11) is 1.81. The van der Waals surface area contributed by atoms with Gasteiger partial charge >= 0.3 is 0 Å². The molecule has 2 N–H and O–H groups in total. The van der Waals surface area contributed by atoms with Crippen molar-refractivity contribution in [2.45, 2.75) is 38.6 Å². The van der Waals surface area contributed by atoms with Gasteiger partial charge in [-0.1, -0.05) is 35.5 Å². The Hall–Kier alpha value is -1.68. The molecular weight excluding hydrogens is 467 g/mol. The maximum absolute atomic E-state index is 5.14. The number of nitrogens with one attached hydrogen (secondary N) is 2. The molecule has 1 aliphatic heterocycles. The van der Waals surface area contributed by atoms with Gasteiger partial charge < -0.3 is 15.2 Å². The molecule has 0 spiro atoms. The molecule has 8 heteroatoms. The van der Waals surface area contributed by atoms with E-state index in [1.54, 1.807) is 0 Å². The van der Waals surface area contributed by atoms with Crippen LogP contribution < -0.4 is 10.6 Å². The molecular formula is C20H31IN6O. The van der Waals surface area contributed by atoms with Gasteiger partial charge in [0.1, 0.15) is 0 Å². The molecule has 1 fully saturated rings. The van der Waals surface area contributed by atoms with Crippen molar-refractivity contribution >= 4 is 29.9 Å². The molecule has 1 aromatic carbocycles. The predicted molar refractivity (Wildman–Crippen MR) is 122 cm³/mol. The lowest BCUT2D eigenvalue weighted by Crippen LogP contribution is -2.43. The molecule has 1 aliphatic rings. The molecule has 2 aromatic rings. The number of guanidine groups is 1. The zero-order valence-corrected chi connectivity index (χ0v) is 19.1. The molecule has 1 saturated heterocycles. The van der Waals surface area contributed by atoms with Crippen LogP contribution in [0.5, 0.6) is 0 Å². The number of rotatable bonds is 8. The van der Waals surface area contributed by atoms with Crippen LogP contribution in [0.25, 0.3) is 0 Å². The van der Waals surface area contributed by atoms with E-state index in [0.29, 0.717) is 17.8 Å². The van der Waals surface area contributed by atoms with Crippen molar-refractivity contribution in [1.82, 2.24) is 25.7 Å². The second kappa shape index (κ2) is 12.0. The molecule has 0 saturated carbocycles. The third kappa shape index (κ3) is 6.73. The van der Waals surface area contributed by atoms with Gasteiger partial charge in [-0.3, -0.25) is 9.89 Å². The molecule has 0 radical (unpaired) electrons. The molecule has 1 unspecified atom stereocenters. The van der Waals surface area contributed by atoms with E-state index in [1.807, 2.05) is 14.0 Å². The number of aromatic nitrogens is 2. The molecule has 2 heterocycles. The summed E-state index contributed by atoms with van der Waals surface area (Å²) < 4.78 is 5.14. The first-order valence-electron chi connectivity index (χ1n) is 9.79. The normalized spacial score (nSPS) is 15.9. The fourth-order valence-corrected chi connectivity index (χ4v) is 3.49. The van der Waals surface area contributed by atoms with Gasteiger partial charge in [-0.25, -0.2) is 0 Å². The van der Waals surface area contributed by atoms with Crippen LogP contribution >= 0.6 is 24.0 Å². The Kier molecular flexibility index (Phi) is 9.69. The van der Waals surface area contributed by atoms with Crippen molar-refractivity contribution in [2.24, 2.45) is 4.99 Å². The van der Waals surface area contributed by atoms with Gasteiger partial charge in [-0.2, -0.15) is 4.98 Å². The summed E-state index contributed by atoms with van der Waals surface area (Å²) in [5.41, 5.74) is 1.36. The highest BCUT2D eigenvalue weighted by molar-refractivity contribution is 14.0. The lowest BCUT2D eigenvalue weighted by molar-refractivity contribution is 0.245. The number of hydrogen-bond acceptors (Lipinski definition) is 5. The minimum atomic E-state index is 0. The van der Waals surface area contributed by atoms with Gasteiger partial charge in [0.15, 0.2) is 11.8 Å². The smallest absolute Gasteiger partial charge is 0.226 e. The number of likely N-dealkylation sites (tertiary alicyclic amines) is 1. The fraction of sp³-hybridized carbons (Fsp3) is 0.550. The molecule has 1 atom stereocenters. The van der Waals surface area contributed by atoms with Gasteiger partial charge in [0.25, 0.3) is 0 Å². The average Bonchev–Trinajstić information content (AvgIpc) is 3.36. The van der Waals surface area contributed by atoms with Crippen LogP contribution in [0.15, 0.2) is 39.8 Å². The van der Waals surface area contributed by atoms with Crippen molar-refractivity contribution in [2.75, 3.05) is 33.2 Å². The highest BCUT2D eigenvalue weighted by Gasteiger charge is 2.23. The number of nitrogens with zero attached hydrogens (tertiary/aromatic N) is 4. The second-order valence-electron chi connectivity index (χ2n) is 6.89. The van der Waals surface area contributed by atoms with E-state index in [4.69, 9.17) is 4.52 Å². The lowest BCUT2D eigenvalue weighted by Gasteiger charge is -2.29. The minimum absolute atomic E-state index is 0. The van der Waals surface area contributed by atoms with Gasteiger partial charge in [-0.05, 0) is 44.8 Å². The van der Waals surface area contributed by atoms with Gasteiger partial charge in [0, 0.05) is 26.6 Å². The largest absolute Gasteiger partial charge is 0.356 e. The molecule has 0 aliphatic carbocycles. The monoisotopic (exact) mass is 498 g/mol. The van der Waals surface area contributed by atoms with Crippen LogP contribution in [0.2, 0.25) is 0 Å². The SMILES string of the molecule is CN=C(NCCCc1nc(C)no1)NCC(c1ccccc1)N1CCCC1.I. The van der Waals surface area contributed by atoms with Gasteiger partial charge in [-0.15, -0.1) is 24.0 Å². The third-order valence-electron chi connectivity index (χ3n) is 4.88. The third-order valence-corrected chi connectivity index (χ3v) is 4.88. The molecule has 0 amide bonds.